The first-order valence-electron chi connectivity index (χ1n) is 14.2. The number of anilines is 3. The highest BCUT2D eigenvalue weighted by atomic mass is 16.2. The molecular weight excluding hydrogens is 552 g/mol. The largest absolute Gasteiger partial charge is 0.332 e. The van der Waals surface area contributed by atoms with Gasteiger partial charge >= 0.3 is 0 Å². The van der Waals surface area contributed by atoms with E-state index in [2.05, 4.69) is 30.6 Å². The number of hydrogen-bond donors (Lipinski definition) is 2. The second-order valence-electron chi connectivity index (χ2n) is 10.6. The first kappa shape index (κ1) is 30.0. The van der Waals surface area contributed by atoms with E-state index in [4.69, 9.17) is 0 Å². The number of hydrogen-bond acceptors (Lipinski definition) is 8. The average Bonchev–Trinajstić information content (AvgIpc) is 3.05. The van der Waals surface area contributed by atoms with Crippen LogP contribution in [0.4, 0.5) is 17.3 Å². The number of pyridine rings is 2. The molecule has 0 aliphatic heterocycles. The van der Waals surface area contributed by atoms with Gasteiger partial charge in [-0.1, -0.05) is 24.3 Å². The zero-order chi connectivity index (χ0) is 30.9. The summed E-state index contributed by atoms with van der Waals surface area (Å²) < 4.78 is 0. The minimum Gasteiger partial charge on any atom is -0.332 e. The third kappa shape index (κ3) is 7.87. The highest BCUT2D eigenvalue weighted by Gasteiger charge is 2.18. The van der Waals surface area contributed by atoms with Gasteiger partial charge in [0.05, 0.1) is 5.69 Å². The van der Waals surface area contributed by atoms with Crippen molar-refractivity contribution in [2.75, 3.05) is 37.8 Å². The molecule has 2 N–H and O–H groups in total. The molecule has 0 aliphatic carbocycles. The summed E-state index contributed by atoms with van der Waals surface area (Å²) in [6, 6.07) is 23.9. The molecular formula is C34H34N8O2. The Hall–Kier alpha value is -5.48. The van der Waals surface area contributed by atoms with Gasteiger partial charge in [0.1, 0.15) is 5.69 Å². The van der Waals surface area contributed by atoms with E-state index in [1.54, 1.807) is 60.0 Å². The number of aromatic nitrogens is 4. The fraction of sp³-hybridized carbons (Fsp3) is 0.176. The number of aryl methyl sites for hydroxylation is 1. The minimum atomic E-state index is -0.241. The van der Waals surface area contributed by atoms with E-state index in [0.29, 0.717) is 42.5 Å². The predicted molar refractivity (Wildman–Crippen MR) is 172 cm³/mol. The summed E-state index contributed by atoms with van der Waals surface area (Å²) in [5, 5.41) is 6.24. The number of rotatable bonds is 11. The molecule has 2 amide bonds. The lowest BCUT2D eigenvalue weighted by molar-refractivity contribution is 0.0725. The summed E-state index contributed by atoms with van der Waals surface area (Å²) in [5.74, 6) is 0.0668. The summed E-state index contributed by atoms with van der Waals surface area (Å²) in [5.41, 5.74) is 5.85. The molecule has 0 radical (unpaired) electrons. The molecule has 44 heavy (non-hydrogen) atoms. The number of nitrogens with one attached hydrogen (secondary N) is 2. The Bertz CT molecular complexity index is 1710. The average molecular weight is 587 g/mol. The zero-order valence-electron chi connectivity index (χ0n) is 24.9. The maximum Gasteiger partial charge on any atom is 0.272 e. The van der Waals surface area contributed by atoms with Gasteiger partial charge in [-0.2, -0.15) is 0 Å². The lowest BCUT2D eigenvalue weighted by Crippen LogP contribution is -2.36. The van der Waals surface area contributed by atoms with E-state index in [1.807, 2.05) is 74.4 Å². The molecule has 0 saturated carbocycles. The van der Waals surface area contributed by atoms with Gasteiger partial charge in [-0.05, 0) is 86.7 Å². The molecule has 0 atom stereocenters. The van der Waals surface area contributed by atoms with Crippen molar-refractivity contribution in [1.29, 1.82) is 0 Å². The van der Waals surface area contributed by atoms with Crippen LogP contribution in [0.1, 0.15) is 32.0 Å². The van der Waals surface area contributed by atoms with Crippen molar-refractivity contribution < 1.29 is 9.59 Å². The first-order chi connectivity index (χ1) is 21.4. The summed E-state index contributed by atoms with van der Waals surface area (Å²) in [6.07, 6.45) is 6.78. The Balaban J connectivity index is 1.25. The molecule has 5 rings (SSSR count). The van der Waals surface area contributed by atoms with E-state index >= 15 is 0 Å². The Kier molecular flexibility index (Phi) is 9.63. The van der Waals surface area contributed by atoms with Crippen LogP contribution in [-0.2, 0) is 6.54 Å². The Morgan fingerprint density at radius 3 is 2.41 bits per heavy atom. The van der Waals surface area contributed by atoms with Crippen LogP contribution in [0.5, 0.6) is 0 Å². The number of likely N-dealkylation sites (N-methyl/N-ethyl adjacent to an activating group) is 1. The summed E-state index contributed by atoms with van der Waals surface area (Å²) in [7, 11) is 3.94. The maximum atomic E-state index is 13.2. The Labute approximate surface area is 256 Å². The van der Waals surface area contributed by atoms with Crippen molar-refractivity contribution in [2.24, 2.45) is 0 Å². The molecule has 10 heteroatoms. The van der Waals surface area contributed by atoms with Crippen LogP contribution < -0.4 is 10.6 Å². The van der Waals surface area contributed by atoms with Gasteiger partial charge in [0.15, 0.2) is 0 Å². The number of benzene rings is 2. The third-order valence-corrected chi connectivity index (χ3v) is 6.93. The molecule has 0 aliphatic rings. The van der Waals surface area contributed by atoms with E-state index in [9.17, 15) is 9.59 Å². The summed E-state index contributed by atoms with van der Waals surface area (Å²) in [6.45, 7) is 3.64. The van der Waals surface area contributed by atoms with Crippen LogP contribution >= 0.6 is 0 Å². The van der Waals surface area contributed by atoms with Gasteiger partial charge in [-0.25, -0.2) is 9.97 Å². The van der Waals surface area contributed by atoms with Crippen molar-refractivity contribution in [3.63, 3.8) is 0 Å². The fourth-order valence-corrected chi connectivity index (χ4v) is 4.46. The van der Waals surface area contributed by atoms with Crippen molar-refractivity contribution in [3.8, 4) is 11.3 Å². The van der Waals surface area contributed by atoms with Gasteiger partial charge in [0.2, 0.25) is 5.95 Å². The lowest BCUT2D eigenvalue weighted by Gasteiger charge is -2.24. The molecule has 3 aromatic heterocycles. The van der Waals surface area contributed by atoms with Crippen LogP contribution in [0.2, 0.25) is 0 Å². The molecule has 5 aromatic rings. The number of amides is 2. The second kappa shape index (κ2) is 14.1. The molecule has 10 nitrogen and oxygen atoms in total. The van der Waals surface area contributed by atoms with Crippen molar-refractivity contribution >= 4 is 29.1 Å². The van der Waals surface area contributed by atoms with Crippen molar-refractivity contribution in [2.45, 2.75) is 13.5 Å². The van der Waals surface area contributed by atoms with Gasteiger partial charge in [0, 0.05) is 66.9 Å². The van der Waals surface area contributed by atoms with Gasteiger partial charge < -0.3 is 20.4 Å². The number of carbonyl (C=O) groups is 2. The van der Waals surface area contributed by atoms with E-state index < -0.39 is 0 Å². The van der Waals surface area contributed by atoms with Crippen molar-refractivity contribution in [3.05, 3.63) is 126 Å². The maximum absolute atomic E-state index is 13.2. The van der Waals surface area contributed by atoms with E-state index in [1.165, 1.54) is 0 Å². The van der Waals surface area contributed by atoms with Crippen LogP contribution in [0.25, 0.3) is 11.3 Å². The fourth-order valence-electron chi connectivity index (χ4n) is 4.46. The highest BCUT2D eigenvalue weighted by Crippen LogP contribution is 2.25. The Morgan fingerprint density at radius 2 is 1.68 bits per heavy atom. The molecule has 2 aromatic carbocycles. The quantitative estimate of drug-likeness (QED) is 0.210. The molecule has 0 bridgehead atoms. The number of nitrogens with zero attached hydrogens (tertiary/aromatic N) is 6. The second-order valence-corrected chi connectivity index (χ2v) is 10.6. The SMILES string of the molecule is Cc1ccc(NC(=O)c2ccc(CN(CCN(C)C)C(=O)c3ccccn3)cc2)cc1Nc1nccc(-c2cccnc2)n1. The summed E-state index contributed by atoms with van der Waals surface area (Å²) in [4.78, 5) is 47.4. The van der Waals surface area contributed by atoms with Crippen LogP contribution in [-0.4, -0.2) is 68.7 Å². The highest BCUT2D eigenvalue weighted by molar-refractivity contribution is 6.04. The summed E-state index contributed by atoms with van der Waals surface area (Å²) >= 11 is 0. The normalized spacial score (nSPS) is 10.8. The zero-order valence-corrected chi connectivity index (χ0v) is 24.9. The monoisotopic (exact) mass is 586 g/mol. The molecule has 0 fully saturated rings. The molecule has 3 heterocycles. The van der Waals surface area contributed by atoms with Gasteiger partial charge in [-0.15, -0.1) is 0 Å². The smallest absolute Gasteiger partial charge is 0.272 e. The van der Waals surface area contributed by atoms with Gasteiger partial charge in [0.25, 0.3) is 11.8 Å². The van der Waals surface area contributed by atoms with Crippen LogP contribution in [0, 0.1) is 6.92 Å². The molecule has 0 unspecified atom stereocenters. The van der Waals surface area contributed by atoms with Crippen molar-refractivity contribution in [1.82, 2.24) is 29.7 Å². The lowest BCUT2D eigenvalue weighted by atomic mass is 10.1. The van der Waals surface area contributed by atoms with E-state index in [0.717, 1.165) is 28.1 Å². The molecule has 222 valence electrons. The van der Waals surface area contributed by atoms with Gasteiger partial charge in [-0.3, -0.25) is 19.6 Å². The predicted octanol–water partition coefficient (Wildman–Crippen LogP) is 5.44. The minimum absolute atomic E-state index is 0.132. The Morgan fingerprint density at radius 1 is 0.841 bits per heavy atom. The van der Waals surface area contributed by atoms with E-state index in [-0.39, 0.29) is 11.8 Å². The van der Waals surface area contributed by atoms with Crippen LogP contribution in [0.15, 0.2) is 104 Å². The molecule has 0 saturated heterocycles. The third-order valence-electron chi connectivity index (χ3n) is 6.93. The number of carbonyl (C=O) groups excluding carboxylic acids is 2. The topological polar surface area (TPSA) is 116 Å². The molecule has 0 spiro atoms. The standard InChI is InChI=1S/C34H34N8O2/c1-24-9-14-28(21-31(24)40-34-37-18-15-29(39-34)27-7-6-16-35-22-27)38-32(43)26-12-10-25(11-13-26)23-42(20-19-41(2)3)33(44)30-8-4-5-17-36-30/h4-18,21-22H,19-20,23H2,1-3H3,(H,38,43)(H,37,39,40). The van der Waals surface area contributed by atoms with Crippen LogP contribution in [0.3, 0.4) is 0 Å². The first-order valence-corrected chi connectivity index (χ1v) is 14.2.